The van der Waals surface area contributed by atoms with E-state index >= 15 is 0 Å². The van der Waals surface area contributed by atoms with Gasteiger partial charge in [-0.1, -0.05) is 29.8 Å². The molecule has 0 N–H and O–H groups in total. The van der Waals surface area contributed by atoms with E-state index in [0.29, 0.717) is 5.41 Å². The van der Waals surface area contributed by atoms with Gasteiger partial charge in [0.2, 0.25) is 0 Å². The number of rotatable bonds is 4. The minimum atomic E-state index is 0.0701. The van der Waals surface area contributed by atoms with Crippen molar-refractivity contribution in [3.8, 4) is 0 Å². The van der Waals surface area contributed by atoms with Crippen LogP contribution >= 0.6 is 15.9 Å². The van der Waals surface area contributed by atoms with Gasteiger partial charge in [0.25, 0.3) is 0 Å². The Morgan fingerprint density at radius 3 is 2.67 bits per heavy atom. The molecule has 1 fully saturated rings. The molecule has 90 valence electrons. The first-order valence-electron chi connectivity index (χ1n) is 5.74. The molecule has 0 spiro atoms. The summed E-state index contributed by atoms with van der Waals surface area (Å²) < 4.78 is 5.60. The average molecular weight is 278 g/mol. The Morgan fingerprint density at radius 2 is 2.13 bits per heavy atom. The lowest BCUT2D eigenvalue weighted by Gasteiger charge is -2.42. The molecule has 0 amide bonds. The van der Waals surface area contributed by atoms with E-state index < -0.39 is 0 Å². The summed E-state index contributed by atoms with van der Waals surface area (Å²) in [6.45, 7) is 10.3. The second-order valence-electron chi connectivity index (χ2n) is 5.77. The molecule has 1 aliphatic heterocycles. The molecular formula is C12H24BrNO. The van der Waals surface area contributed by atoms with Crippen LogP contribution in [0.1, 0.15) is 33.6 Å². The van der Waals surface area contributed by atoms with Crippen LogP contribution in [-0.4, -0.2) is 42.6 Å². The number of hydrogen-bond donors (Lipinski definition) is 0. The van der Waals surface area contributed by atoms with Gasteiger partial charge >= 0.3 is 0 Å². The van der Waals surface area contributed by atoms with Crippen LogP contribution in [0.4, 0.5) is 0 Å². The maximum absolute atomic E-state index is 5.60. The predicted octanol–water partition coefficient (Wildman–Crippen LogP) is 2.91. The van der Waals surface area contributed by atoms with Crippen LogP contribution in [-0.2, 0) is 4.74 Å². The summed E-state index contributed by atoms with van der Waals surface area (Å²) in [6.07, 6.45) is 2.44. The first-order valence-corrected chi connectivity index (χ1v) is 6.86. The molecule has 0 aromatic heterocycles. The molecule has 1 saturated heterocycles. The van der Waals surface area contributed by atoms with Gasteiger partial charge in [-0.3, -0.25) is 4.90 Å². The van der Waals surface area contributed by atoms with Crippen LogP contribution in [0.25, 0.3) is 0 Å². The van der Waals surface area contributed by atoms with Crippen LogP contribution in [0, 0.1) is 5.41 Å². The SMILES string of the molecule is COC1(C)CCCN(CC(C)(C)CBr)C1. The summed E-state index contributed by atoms with van der Waals surface area (Å²) in [5.41, 5.74) is 0.423. The zero-order valence-electron chi connectivity index (χ0n) is 10.5. The van der Waals surface area contributed by atoms with Gasteiger partial charge in [0.15, 0.2) is 0 Å². The molecule has 1 atom stereocenters. The van der Waals surface area contributed by atoms with Crippen LogP contribution in [0.15, 0.2) is 0 Å². The van der Waals surface area contributed by atoms with E-state index in [1.807, 2.05) is 7.11 Å². The first-order chi connectivity index (χ1) is 6.91. The maximum Gasteiger partial charge on any atom is 0.0777 e. The van der Waals surface area contributed by atoms with E-state index in [4.69, 9.17) is 4.74 Å². The molecule has 0 saturated carbocycles. The summed E-state index contributed by atoms with van der Waals surface area (Å²) in [5.74, 6) is 0. The molecule has 1 rings (SSSR count). The molecule has 3 heteroatoms. The smallest absolute Gasteiger partial charge is 0.0777 e. The summed E-state index contributed by atoms with van der Waals surface area (Å²) in [7, 11) is 1.83. The monoisotopic (exact) mass is 277 g/mol. The van der Waals surface area contributed by atoms with Crippen molar-refractivity contribution >= 4 is 15.9 Å². The largest absolute Gasteiger partial charge is 0.377 e. The normalized spacial score (nSPS) is 29.4. The molecule has 0 aromatic rings. The number of methoxy groups -OCH3 is 1. The number of alkyl halides is 1. The number of piperidine rings is 1. The van der Waals surface area contributed by atoms with Crippen molar-refractivity contribution in [1.29, 1.82) is 0 Å². The third-order valence-electron chi connectivity index (χ3n) is 3.24. The van der Waals surface area contributed by atoms with E-state index in [1.54, 1.807) is 0 Å². The zero-order valence-corrected chi connectivity index (χ0v) is 12.1. The fraction of sp³-hybridized carbons (Fsp3) is 1.00. The van der Waals surface area contributed by atoms with Gasteiger partial charge in [-0.05, 0) is 31.7 Å². The van der Waals surface area contributed by atoms with Crippen LogP contribution in [0.5, 0.6) is 0 Å². The molecule has 0 radical (unpaired) electrons. The van der Waals surface area contributed by atoms with Crippen molar-refractivity contribution in [3.63, 3.8) is 0 Å². The predicted molar refractivity (Wildman–Crippen MR) is 68.7 cm³/mol. The molecule has 1 heterocycles. The Morgan fingerprint density at radius 1 is 1.47 bits per heavy atom. The first kappa shape index (κ1) is 13.5. The van der Waals surface area contributed by atoms with Crippen molar-refractivity contribution in [3.05, 3.63) is 0 Å². The van der Waals surface area contributed by atoms with E-state index in [0.717, 1.165) is 18.4 Å². The van der Waals surface area contributed by atoms with Crippen LogP contribution in [0.2, 0.25) is 0 Å². The van der Waals surface area contributed by atoms with E-state index in [2.05, 4.69) is 41.6 Å². The lowest BCUT2D eigenvalue weighted by atomic mass is 9.90. The van der Waals surface area contributed by atoms with Crippen LogP contribution in [0.3, 0.4) is 0 Å². The Balaban J connectivity index is 2.50. The molecule has 0 bridgehead atoms. The number of halogens is 1. The fourth-order valence-electron chi connectivity index (χ4n) is 2.26. The van der Waals surface area contributed by atoms with Gasteiger partial charge in [-0.2, -0.15) is 0 Å². The van der Waals surface area contributed by atoms with Crippen molar-refractivity contribution in [2.45, 2.75) is 39.2 Å². The highest BCUT2D eigenvalue weighted by Gasteiger charge is 2.32. The van der Waals surface area contributed by atoms with Crippen molar-refractivity contribution in [2.75, 3.05) is 32.1 Å². The summed E-state index contributed by atoms with van der Waals surface area (Å²) in [5, 5.41) is 1.06. The average Bonchev–Trinajstić information content (AvgIpc) is 2.17. The lowest BCUT2D eigenvalue weighted by Crippen LogP contribution is -2.50. The second-order valence-corrected chi connectivity index (χ2v) is 6.33. The van der Waals surface area contributed by atoms with E-state index in [9.17, 15) is 0 Å². The number of hydrogen-bond acceptors (Lipinski definition) is 2. The topological polar surface area (TPSA) is 12.5 Å². The summed E-state index contributed by atoms with van der Waals surface area (Å²) >= 11 is 3.59. The second kappa shape index (κ2) is 5.15. The Hall–Kier alpha value is 0.400. The highest BCUT2D eigenvalue weighted by molar-refractivity contribution is 9.09. The zero-order chi connectivity index (χ0) is 11.5. The summed E-state index contributed by atoms with van der Waals surface area (Å²) in [4.78, 5) is 2.54. The minimum absolute atomic E-state index is 0.0701. The molecule has 1 aliphatic rings. The van der Waals surface area contributed by atoms with E-state index in [1.165, 1.54) is 19.4 Å². The summed E-state index contributed by atoms with van der Waals surface area (Å²) in [6, 6.07) is 0. The van der Waals surface area contributed by atoms with Gasteiger partial charge < -0.3 is 4.74 Å². The molecule has 2 nitrogen and oxygen atoms in total. The molecule has 0 aromatic carbocycles. The van der Waals surface area contributed by atoms with E-state index in [-0.39, 0.29) is 5.60 Å². The standard InChI is InChI=1S/C12H24BrNO/c1-11(2,8-13)9-14-7-5-6-12(3,10-14)15-4/h5-10H2,1-4H3. The Kier molecular flexibility index (Phi) is 4.63. The van der Waals surface area contributed by atoms with Gasteiger partial charge in [0.1, 0.15) is 0 Å². The van der Waals surface area contributed by atoms with Gasteiger partial charge in [0.05, 0.1) is 5.60 Å². The molecule has 1 unspecified atom stereocenters. The lowest BCUT2D eigenvalue weighted by molar-refractivity contribution is -0.0562. The Bertz CT molecular complexity index is 206. The molecule has 15 heavy (non-hydrogen) atoms. The molecular weight excluding hydrogens is 254 g/mol. The maximum atomic E-state index is 5.60. The third kappa shape index (κ3) is 4.04. The number of ether oxygens (including phenoxy) is 1. The van der Waals surface area contributed by atoms with Crippen molar-refractivity contribution in [2.24, 2.45) is 5.41 Å². The number of nitrogens with zero attached hydrogens (tertiary/aromatic N) is 1. The highest BCUT2D eigenvalue weighted by Crippen LogP contribution is 2.27. The van der Waals surface area contributed by atoms with Crippen molar-refractivity contribution < 1.29 is 4.74 Å². The van der Waals surface area contributed by atoms with Gasteiger partial charge in [0, 0.05) is 25.5 Å². The highest BCUT2D eigenvalue weighted by atomic mass is 79.9. The fourth-order valence-corrected chi connectivity index (χ4v) is 2.43. The Labute approximate surface area is 102 Å². The van der Waals surface area contributed by atoms with Gasteiger partial charge in [-0.15, -0.1) is 0 Å². The van der Waals surface area contributed by atoms with Crippen LogP contribution < -0.4 is 0 Å². The van der Waals surface area contributed by atoms with Gasteiger partial charge in [-0.25, -0.2) is 0 Å². The quantitative estimate of drug-likeness (QED) is 0.733. The minimum Gasteiger partial charge on any atom is -0.377 e. The number of likely N-dealkylation sites (tertiary alicyclic amines) is 1. The third-order valence-corrected chi connectivity index (χ3v) is 4.76. The van der Waals surface area contributed by atoms with Crippen molar-refractivity contribution in [1.82, 2.24) is 4.90 Å². The molecule has 0 aliphatic carbocycles.